The van der Waals surface area contributed by atoms with Gasteiger partial charge in [0.2, 0.25) is 6.41 Å². The van der Waals surface area contributed by atoms with Crippen molar-refractivity contribution in [2.45, 2.75) is 19.3 Å². The van der Waals surface area contributed by atoms with Crippen molar-refractivity contribution >= 4 is 18.7 Å². The summed E-state index contributed by atoms with van der Waals surface area (Å²) in [5, 5.41) is 2.62. The lowest BCUT2D eigenvalue weighted by atomic mass is 9.86. The van der Waals surface area contributed by atoms with E-state index < -0.39 is 6.03 Å². The second-order valence-electron chi connectivity index (χ2n) is 3.83. The van der Waals surface area contributed by atoms with Crippen molar-refractivity contribution in [3.8, 4) is 0 Å². The minimum atomic E-state index is -0.433. The minimum Gasteiger partial charge on any atom is -0.311 e. The van der Waals surface area contributed by atoms with Gasteiger partial charge in [-0.05, 0) is 19.3 Å². The van der Waals surface area contributed by atoms with E-state index in [2.05, 4.69) is 5.32 Å². The maximum Gasteiger partial charge on any atom is 0.328 e. The van der Waals surface area contributed by atoms with Gasteiger partial charge in [-0.25, -0.2) is 4.79 Å². The Labute approximate surface area is 87.1 Å². The van der Waals surface area contributed by atoms with Gasteiger partial charge in [0.15, 0.2) is 0 Å². The molecule has 0 saturated carbocycles. The first kappa shape index (κ1) is 9.89. The second kappa shape index (κ2) is 3.84. The van der Waals surface area contributed by atoms with Crippen LogP contribution in [0.2, 0.25) is 0 Å². The highest BCUT2D eigenvalue weighted by Gasteiger charge is 2.32. The van der Waals surface area contributed by atoms with E-state index in [4.69, 9.17) is 0 Å². The number of urea groups is 1. The molecule has 0 bridgehead atoms. The molecule has 2 rings (SSSR count). The van der Waals surface area contributed by atoms with Crippen LogP contribution in [0, 0.1) is 5.92 Å². The topological polar surface area (TPSA) is 66.5 Å². The van der Waals surface area contributed by atoms with Crippen molar-refractivity contribution in [3.63, 3.8) is 0 Å². The number of hydrogen-bond donors (Lipinski definition) is 1. The Morgan fingerprint density at radius 1 is 1.40 bits per heavy atom. The molecule has 2 aliphatic rings. The average molecular weight is 208 g/mol. The highest BCUT2D eigenvalue weighted by atomic mass is 16.2. The van der Waals surface area contributed by atoms with E-state index in [0.29, 0.717) is 18.5 Å². The lowest BCUT2D eigenvalue weighted by molar-refractivity contribution is -0.116. The molecule has 3 amide bonds. The second-order valence-corrected chi connectivity index (χ2v) is 3.83. The summed E-state index contributed by atoms with van der Waals surface area (Å²) in [5.74, 6) is 0.113. The minimum absolute atomic E-state index is 0.113. The standard InChI is InChI=1S/C10H12N2O3/c13-5-8-3-1-2-7-4-12(6-14)10(15)11-9(7)8/h5-7H,1-4H2,(H,11,15). The molecule has 0 aromatic heterocycles. The van der Waals surface area contributed by atoms with Crippen molar-refractivity contribution in [2.75, 3.05) is 6.54 Å². The number of allylic oxidation sites excluding steroid dienone is 1. The van der Waals surface area contributed by atoms with Gasteiger partial charge in [-0.1, -0.05) is 0 Å². The summed E-state index contributed by atoms with van der Waals surface area (Å²) in [7, 11) is 0. The molecule has 1 atom stereocenters. The Kier molecular flexibility index (Phi) is 2.53. The molecule has 1 fully saturated rings. The lowest BCUT2D eigenvalue weighted by Gasteiger charge is -2.35. The van der Waals surface area contributed by atoms with Crippen LogP contribution in [-0.2, 0) is 9.59 Å². The molecule has 1 saturated heterocycles. The first-order valence-electron chi connectivity index (χ1n) is 4.97. The highest BCUT2D eigenvalue weighted by Crippen LogP contribution is 2.30. The molecule has 1 unspecified atom stereocenters. The monoisotopic (exact) mass is 208 g/mol. The number of imide groups is 1. The van der Waals surface area contributed by atoms with Crippen LogP contribution in [0.15, 0.2) is 11.3 Å². The zero-order valence-corrected chi connectivity index (χ0v) is 8.23. The zero-order chi connectivity index (χ0) is 10.8. The van der Waals surface area contributed by atoms with E-state index in [1.165, 1.54) is 0 Å². The number of fused-ring (bicyclic) bond motifs is 1. The molecular weight excluding hydrogens is 196 g/mol. The maximum absolute atomic E-state index is 11.4. The van der Waals surface area contributed by atoms with Crippen molar-refractivity contribution in [2.24, 2.45) is 5.92 Å². The number of aldehydes is 1. The number of carbonyl (C=O) groups excluding carboxylic acids is 3. The normalized spacial score (nSPS) is 25.7. The molecule has 80 valence electrons. The van der Waals surface area contributed by atoms with Crippen LogP contribution < -0.4 is 5.32 Å². The van der Waals surface area contributed by atoms with Crippen LogP contribution in [0.4, 0.5) is 4.79 Å². The van der Waals surface area contributed by atoms with Crippen LogP contribution >= 0.6 is 0 Å². The fraction of sp³-hybridized carbons (Fsp3) is 0.500. The number of rotatable bonds is 2. The summed E-state index contributed by atoms with van der Waals surface area (Å²) in [6, 6.07) is -0.433. The smallest absolute Gasteiger partial charge is 0.311 e. The number of nitrogens with one attached hydrogen (secondary N) is 1. The van der Waals surface area contributed by atoms with Gasteiger partial charge < -0.3 is 5.32 Å². The van der Waals surface area contributed by atoms with E-state index in [9.17, 15) is 14.4 Å². The summed E-state index contributed by atoms with van der Waals surface area (Å²) in [5.41, 5.74) is 1.39. The van der Waals surface area contributed by atoms with Gasteiger partial charge in [0.25, 0.3) is 0 Å². The van der Waals surface area contributed by atoms with Gasteiger partial charge >= 0.3 is 6.03 Å². The van der Waals surface area contributed by atoms with E-state index in [1.807, 2.05) is 0 Å². The van der Waals surface area contributed by atoms with Gasteiger partial charge in [0, 0.05) is 23.7 Å². The molecule has 0 aromatic carbocycles. The zero-order valence-electron chi connectivity index (χ0n) is 8.23. The van der Waals surface area contributed by atoms with Crippen molar-refractivity contribution < 1.29 is 14.4 Å². The molecule has 0 spiro atoms. The third-order valence-corrected chi connectivity index (χ3v) is 2.94. The first-order chi connectivity index (χ1) is 7.26. The Bertz CT molecular complexity index is 349. The predicted octanol–water partition coefficient (Wildman–Crippen LogP) is 0.421. The molecule has 1 aliphatic heterocycles. The van der Waals surface area contributed by atoms with Crippen LogP contribution in [0.1, 0.15) is 19.3 Å². The quantitative estimate of drug-likeness (QED) is 0.669. The summed E-state index contributed by atoms with van der Waals surface area (Å²) in [6.45, 7) is 0.391. The van der Waals surface area contributed by atoms with Gasteiger partial charge in [-0.3, -0.25) is 14.5 Å². The van der Waals surface area contributed by atoms with E-state index in [1.54, 1.807) is 0 Å². The maximum atomic E-state index is 11.4. The Morgan fingerprint density at radius 2 is 2.20 bits per heavy atom. The molecule has 5 nitrogen and oxygen atoms in total. The predicted molar refractivity (Wildman–Crippen MR) is 51.7 cm³/mol. The molecule has 1 aliphatic carbocycles. The van der Waals surface area contributed by atoms with E-state index in [-0.39, 0.29) is 5.92 Å². The van der Waals surface area contributed by atoms with Crippen LogP contribution in [0.3, 0.4) is 0 Å². The highest BCUT2D eigenvalue weighted by molar-refractivity contribution is 5.88. The summed E-state index contributed by atoms with van der Waals surface area (Å²) >= 11 is 0. The van der Waals surface area contributed by atoms with Crippen LogP contribution in [0.25, 0.3) is 0 Å². The SMILES string of the molecule is O=CC1=C2NC(=O)N(C=O)CC2CCC1. The summed E-state index contributed by atoms with van der Waals surface area (Å²) in [4.78, 5) is 33.8. The Balaban J connectivity index is 2.28. The fourth-order valence-corrected chi connectivity index (χ4v) is 2.17. The molecule has 1 N–H and O–H groups in total. The van der Waals surface area contributed by atoms with Crippen molar-refractivity contribution in [1.29, 1.82) is 0 Å². The molecule has 15 heavy (non-hydrogen) atoms. The molecule has 5 heteroatoms. The van der Waals surface area contributed by atoms with Crippen LogP contribution in [-0.4, -0.2) is 30.2 Å². The molecule has 0 radical (unpaired) electrons. The molecule has 1 heterocycles. The van der Waals surface area contributed by atoms with Crippen molar-refractivity contribution in [3.05, 3.63) is 11.3 Å². The number of carbonyl (C=O) groups is 3. The first-order valence-corrected chi connectivity index (χ1v) is 4.97. The summed E-state index contributed by atoms with van der Waals surface area (Å²) < 4.78 is 0. The average Bonchev–Trinajstić information content (AvgIpc) is 2.27. The Hall–Kier alpha value is -1.65. The van der Waals surface area contributed by atoms with Crippen LogP contribution in [0.5, 0.6) is 0 Å². The molecule has 0 aromatic rings. The number of hydrogen-bond acceptors (Lipinski definition) is 3. The third-order valence-electron chi connectivity index (χ3n) is 2.94. The van der Waals surface area contributed by atoms with E-state index in [0.717, 1.165) is 36.1 Å². The largest absolute Gasteiger partial charge is 0.328 e. The van der Waals surface area contributed by atoms with Gasteiger partial charge in [0.1, 0.15) is 6.29 Å². The fourth-order valence-electron chi connectivity index (χ4n) is 2.17. The molecular formula is C10H12N2O3. The van der Waals surface area contributed by atoms with Crippen molar-refractivity contribution in [1.82, 2.24) is 10.2 Å². The number of nitrogens with zero attached hydrogens (tertiary/aromatic N) is 1. The van der Waals surface area contributed by atoms with Gasteiger partial charge in [-0.2, -0.15) is 0 Å². The number of amides is 3. The summed E-state index contributed by atoms with van der Waals surface area (Å²) in [6.07, 6.45) is 3.90. The van der Waals surface area contributed by atoms with Gasteiger partial charge in [0.05, 0.1) is 0 Å². The third kappa shape index (κ3) is 1.65. The van der Waals surface area contributed by atoms with Gasteiger partial charge in [-0.15, -0.1) is 0 Å². The van der Waals surface area contributed by atoms with E-state index >= 15 is 0 Å². The Morgan fingerprint density at radius 3 is 2.87 bits per heavy atom. The lowest BCUT2D eigenvalue weighted by Crippen LogP contribution is -2.50.